The van der Waals surface area contributed by atoms with Crippen LogP contribution in [0.4, 0.5) is 0 Å². The van der Waals surface area contributed by atoms with E-state index >= 15 is 0 Å². The first kappa shape index (κ1) is 5.83. The Morgan fingerprint density at radius 2 is 2.57 bits per heavy atom. The van der Waals surface area contributed by atoms with E-state index < -0.39 is 6.04 Å². The molecule has 0 aliphatic heterocycles. The lowest BCUT2D eigenvalue weighted by Crippen LogP contribution is -2.71. The van der Waals surface area contributed by atoms with Crippen LogP contribution in [-0.2, 0) is 0 Å². The maximum absolute atomic E-state index is 9.55. The molecule has 0 rings (SSSR count). The summed E-state index contributed by atoms with van der Waals surface area (Å²) in [7, 11) is 0. The van der Waals surface area contributed by atoms with Gasteiger partial charge in [-0.1, -0.05) is 6.58 Å². The lowest BCUT2D eigenvalue weighted by atomic mass is 10.4. The molecule has 0 bridgehead atoms. The SMILES string of the molecule is C=CC(C#N)[NH+]=O. The van der Waals surface area contributed by atoms with Crippen LogP contribution in [0.2, 0.25) is 0 Å². The zero-order chi connectivity index (χ0) is 5.70. The van der Waals surface area contributed by atoms with Gasteiger partial charge in [-0.3, -0.25) is 0 Å². The summed E-state index contributed by atoms with van der Waals surface area (Å²) in [6.45, 7) is 3.22. The fourth-order valence-electron chi connectivity index (χ4n) is 0.127. The Morgan fingerprint density at radius 1 is 2.00 bits per heavy atom. The van der Waals surface area contributed by atoms with Gasteiger partial charge in [-0.25, -0.2) is 0 Å². The topological polar surface area (TPSA) is 54.8 Å². The molecule has 0 saturated carbocycles. The van der Waals surface area contributed by atoms with E-state index in [4.69, 9.17) is 5.26 Å². The number of nitrogens with one attached hydrogen (secondary N) is 1. The number of nitrogens with zero attached hydrogens (tertiary/aromatic N) is 1. The Morgan fingerprint density at radius 3 is 2.57 bits per heavy atom. The van der Waals surface area contributed by atoms with Gasteiger partial charge in [0.25, 0.3) is 0 Å². The average Bonchev–Trinajstić information content (AvgIpc) is 1.72. The van der Waals surface area contributed by atoms with Crippen LogP contribution < -0.4 is 5.18 Å². The first-order valence-corrected chi connectivity index (χ1v) is 1.75. The molecule has 0 saturated heterocycles. The molecule has 0 radical (unpaired) electrons. The van der Waals surface area contributed by atoms with E-state index in [9.17, 15) is 4.91 Å². The van der Waals surface area contributed by atoms with E-state index in [1.54, 1.807) is 6.07 Å². The molecule has 3 nitrogen and oxygen atoms in total. The second kappa shape index (κ2) is 3.04. The molecule has 3 heteroatoms. The summed E-state index contributed by atoms with van der Waals surface area (Å²) in [6.07, 6.45) is 1.24. The fourth-order valence-corrected chi connectivity index (χ4v) is 0.127. The molecule has 0 aliphatic rings. The molecule has 1 atom stereocenters. The van der Waals surface area contributed by atoms with E-state index in [1.165, 1.54) is 11.3 Å². The Labute approximate surface area is 41.2 Å². The van der Waals surface area contributed by atoms with Gasteiger partial charge in [0, 0.05) is 10.1 Å². The molecule has 7 heavy (non-hydrogen) atoms. The van der Waals surface area contributed by atoms with Gasteiger partial charge in [0.2, 0.25) is 0 Å². The van der Waals surface area contributed by atoms with Crippen LogP contribution in [0.1, 0.15) is 0 Å². The normalized spacial score (nSPS) is 11.3. The molecule has 0 spiro atoms. The van der Waals surface area contributed by atoms with E-state index in [1.807, 2.05) is 0 Å². The number of nitriles is 1. The van der Waals surface area contributed by atoms with Gasteiger partial charge in [-0.15, -0.1) is 0 Å². The minimum atomic E-state index is -0.750. The zero-order valence-electron chi connectivity index (χ0n) is 3.72. The fraction of sp³-hybridized carbons (Fsp3) is 0.250. The van der Waals surface area contributed by atoms with Crippen LogP contribution in [0, 0.1) is 16.2 Å². The van der Waals surface area contributed by atoms with Gasteiger partial charge in [0.1, 0.15) is 6.07 Å². The largest absolute Gasteiger partial charge is 0.301 e. The molecule has 1 unspecified atom stereocenters. The molecular formula is C4H5N2O+. The molecule has 0 heterocycles. The van der Waals surface area contributed by atoms with Crippen LogP contribution in [-0.4, -0.2) is 6.04 Å². The lowest BCUT2D eigenvalue weighted by Gasteiger charge is -1.72. The number of nitroso groups, excluding NO2 is 1. The van der Waals surface area contributed by atoms with Crippen LogP contribution in [0.15, 0.2) is 12.7 Å². The predicted molar refractivity (Wildman–Crippen MR) is 23.9 cm³/mol. The Bertz CT molecular complexity index is 105. The quantitative estimate of drug-likeness (QED) is 0.445. The van der Waals surface area contributed by atoms with Crippen molar-refractivity contribution in [2.75, 3.05) is 0 Å². The summed E-state index contributed by atoms with van der Waals surface area (Å²) in [5.74, 6) is 0. The summed E-state index contributed by atoms with van der Waals surface area (Å²) in [5, 5.41) is 9.41. The Kier molecular flexibility index (Phi) is 2.53. The lowest BCUT2D eigenvalue weighted by molar-refractivity contribution is -0.495. The predicted octanol–water partition coefficient (Wildman–Crippen LogP) is -1.09. The summed E-state index contributed by atoms with van der Waals surface area (Å²) >= 11 is 0. The monoisotopic (exact) mass is 97.0 g/mol. The molecule has 0 fully saturated rings. The molecule has 0 aromatic carbocycles. The van der Waals surface area contributed by atoms with E-state index in [0.29, 0.717) is 0 Å². The first-order chi connectivity index (χ1) is 3.35. The van der Waals surface area contributed by atoms with Crippen molar-refractivity contribution in [2.24, 2.45) is 0 Å². The minimum absolute atomic E-state index is 0.750. The highest BCUT2D eigenvalue weighted by Gasteiger charge is 2.02. The maximum atomic E-state index is 9.55. The van der Waals surface area contributed by atoms with Crippen LogP contribution in [0.5, 0.6) is 0 Å². The van der Waals surface area contributed by atoms with Gasteiger partial charge in [0.05, 0.1) is 0 Å². The van der Waals surface area contributed by atoms with Crippen LogP contribution in [0.25, 0.3) is 0 Å². The van der Waals surface area contributed by atoms with Crippen molar-refractivity contribution in [1.82, 2.24) is 0 Å². The molecule has 0 aliphatic carbocycles. The van der Waals surface area contributed by atoms with Crippen molar-refractivity contribution in [2.45, 2.75) is 6.04 Å². The number of hydrogen-bond donors (Lipinski definition) is 1. The van der Waals surface area contributed by atoms with Crippen LogP contribution >= 0.6 is 0 Å². The van der Waals surface area contributed by atoms with Gasteiger partial charge in [0.15, 0.2) is 0 Å². The highest BCUT2D eigenvalue weighted by atomic mass is 16.3. The molecule has 0 amide bonds. The van der Waals surface area contributed by atoms with E-state index in [-0.39, 0.29) is 0 Å². The van der Waals surface area contributed by atoms with Gasteiger partial charge < -0.3 is 0 Å². The van der Waals surface area contributed by atoms with Gasteiger partial charge >= 0.3 is 6.04 Å². The number of hydrogen-bond acceptors (Lipinski definition) is 2. The third kappa shape index (κ3) is 1.66. The smallest absolute Gasteiger partial charge is 0.190 e. The molecule has 36 valence electrons. The highest BCUT2D eigenvalue weighted by molar-refractivity contribution is 4.94. The summed E-state index contributed by atoms with van der Waals surface area (Å²) in [5.41, 5.74) is 0. The van der Waals surface area contributed by atoms with Crippen molar-refractivity contribution in [3.05, 3.63) is 17.6 Å². The standard InChI is InChI=1S/C4H4N2O/c1-2-4(3-5)6-7/h2,4H,1H2/p+1. The second-order valence-electron chi connectivity index (χ2n) is 0.960. The molecule has 0 aromatic rings. The number of rotatable bonds is 2. The van der Waals surface area contributed by atoms with Gasteiger partial charge in [-0.05, 0) is 6.08 Å². The Hall–Kier alpha value is -1.17. The van der Waals surface area contributed by atoms with Crippen molar-refractivity contribution in [3.63, 3.8) is 0 Å². The summed E-state index contributed by atoms with van der Waals surface area (Å²) in [4.78, 5) is 9.55. The Balaban J connectivity index is 3.65. The average molecular weight is 97.1 g/mol. The third-order valence-electron chi connectivity index (χ3n) is 0.502. The highest BCUT2D eigenvalue weighted by Crippen LogP contribution is 1.65. The molecule has 1 N–H and O–H groups in total. The maximum Gasteiger partial charge on any atom is 0.301 e. The molecule has 0 aromatic heterocycles. The minimum Gasteiger partial charge on any atom is -0.190 e. The third-order valence-corrected chi connectivity index (χ3v) is 0.502. The van der Waals surface area contributed by atoms with Gasteiger partial charge in [-0.2, -0.15) is 5.26 Å². The van der Waals surface area contributed by atoms with E-state index in [2.05, 4.69) is 6.58 Å². The van der Waals surface area contributed by atoms with Crippen LogP contribution in [0.3, 0.4) is 0 Å². The summed E-state index contributed by atoms with van der Waals surface area (Å²) in [6, 6.07) is 0.910. The second-order valence-corrected chi connectivity index (χ2v) is 0.960. The zero-order valence-corrected chi connectivity index (χ0v) is 3.72. The summed E-state index contributed by atoms with van der Waals surface area (Å²) < 4.78 is 0. The van der Waals surface area contributed by atoms with E-state index in [0.717, 1.165) is 0 Å². The van der Waals surface area contributed by atoms with Crippen molar-refractivity contribution in [1.29, 1.82) is 5.26 Å². The first-order valence-electron chi connectivity index (χ1n) is 1.75. The van der Waals surface area contributed by atoms with Crippen molar-refractivity contribution >= 4 is 0 Å². The van der Waals surface area contributed by atoms with Crippen molar-refractivity contribution < 1.29 is 5.18 Å². The molecular weight excluding hydrogens is 92.1 g/mol. The van der Waals surface area contributed by atoms with Crippen molar-refractivity contribution in [3.8, 4) is 6.07 Å².